The molecule has 1 aromatic carbocycles. The van der Waals surface area contributed by atoms with Crippen LogP contribution in [0.25, 0.3) is 0 Å². The van der Waals surface area contributed by atoms with Gasteiger partial charge >= 0.3 is 0 Å². The molecule has 104 valence electrons. The Labute approximate surface area is 115 Å². The maximum atomic E-state index is 12.2. The predicted octanol–water partition coefficient (Wildman–Crippen LogP) is 1.46. The van der Waals surface area contributed by atoms with Crippen molar-refractivity contribution in [2.45, 2.75) is 31.2 Å². The maximum Gasteiger partial charge on any atom is 0.227 e. The van der Waals surface area contributed by atoms with Crippen molar-refractivity contribution in [2.24, 2.45) is 5.73 Å². The summed E-state index contributed by atoms with van der Waals surface area (Å²) in [4.78, 5) is 14.3. The molecule has 0 radical (unpaired) electrons. The van der Waals surface area contributed by atoms with Gasteiger partial charge in [-0.15, -0.1) is 0 Å². The smallest absolute Gasteiger partial charge is 0.227 e. The van der Waals surface area contributed by atoms with Crippen molar-refractivity contribution in [1.29, 1.82) is 0 Å². The van der Waals surface area contributed by atoms with Gasteiger partial charge in [-0.3, -0.25) is 4.79 Å². The summed E-state index contributed by atoms with van der Waals surface area (Å²) in [5.74, 6) is -0.00707. The van der Waals surface area contributed by atoms with Crippen LogP contribution in [0.5, 0.6) is 0 Å². The standard InChI is InChI=1S/C15H23N3O/c1-18(2)13-7-3-11(4-8-13)14(9-10-16)15(19)17-12-5-6-12/h3-4,7-8,12,14H,5-6,9-10,16H2,1-2H3,(H,17,19). The monoisotopic (exact) mass is 261 g/mol. The molecule has 1 aliphatic carbocycles. The molecule has 0 aliphatic heterocycles. The van der Waals surface area contributed by atoms with E-state index in [4.69, 9.17) is 5.73 Å². The number of nitrogens with zero attached hydrogens (tertiary/aromatic N) is 1. The maximum absolute atomic E-state index is 12.2. The van der Waals surface area contributed by atoms with Gasteiger partial charge in [-0.25, -0.2) is 0 Å². The van der Waals surface area contributed by atoms with Gasteiger partial charge in [0.2, 0.25) is 5.91 Å². The average Bonchev–Trinajstić information content (AvgIpc) is 3.20. The molecule has 1 saturated carbocycles. The first kappa shape index (κ1) is 13.9. The summed E-state index contributed by atoms with van der Waals surface area (Å²) in [5, 5.41) is 3.07. The number of rotatable bonds is 6. The number of amides is 1. The zero-order valence-corrected chi connectivity index (χ0v) is 11.7. The second-order valence-electron chi connectivity index (χ2n) is 5.40. The van der Waals surface area contributed by atoms with E-state index in [2.05, 4.69) is 5.32 Å². The van der Waals surface area contributed by atoms with Gasteiger partial charge < -0.3 is 16.0 Å². The fourth-order valence-corrected chi connectivity index (χ4v) is 2.15. The first-order chi connectivity index (χ1) is 9.11. The third-order valence-corrected chi connectivity index (χ3v) is 3.51. The van der Waals surface area contributed by atoms with Crippen molar-refractivity contribution in [3.05, 3.63) is 29.8 Å². The summed E-state index contributed by atoms with van der Waals surface area (Å²) in [5.41, 5.74) is 7.83. The van der Waals surface area contributed by atoms with Crippen LogP contribution < -0.4 is 16.0 Å². The summed E-state index contributed by atoms with van der Waals surface area (Å²) >= 11 is 0. The molecule has 0 aromatic heterocycles. The fraction of sp³-hybridized carbons (Fsp3) is 0.533. The summed E-state index contributed by atoms with van der Waals surface area (Å²) in [6.07, 6.45) is 2.92. The molecule has 4 nitrogen and oxygen atoms in total. The number of carbonyl (C=O) groups is 1. The highest BCUT2D eigenvalue weighted by Gasteiger charge is 2.27. The number of carbonyl (C=O) groups excluding carboxylic acids is 1. The number of nitrogens with two attached hydrogens (primary N) is 1. The molecular weight excluding hydrogens is 238 g/mol. The zero-order chi connectivity index (χ0) is 13.8. The molecule has 1 fully saturated rings. The van der Waals surface area contributed by atoms with Gasteiger partial charge in [-0.1, -0.05) is 12.1 Å². The third-order valence-electron chi connectivity index (χ3n) is 3.51. The molecule has 0 spiro atoms. The van der Waals surface area contributed by atoms with Crippen LogP contribution in [0.3, 0.4) is 0 Å². The van der Waals surface area contributed by atoms with Gasteiger partial charge in [-0.2, -0.15) is 0 Å². The van der Waals surface area contributed by atoms with E-state index in [0.717, 1.165) is 24.1 Å². The molecule has 0 bridgehead atoms. The highest BCUT2D eigenvalue weighted by atomic mass is 16.2. The predicted molar refractivity (Wildman–Crippen MR) is 78.3 cm³/mol. The fourth-order valence-electron chi connectivity index (χ4n) is 2.15. The lowest BCUT2D eigenvalue weighted by molar-refractivity contribution is -0.122. The largest absolute Gasteiger partial charge is 0.378 e. The molecule has 1 unspecified atom stereocenters. The van der Waals surface area contributed by atoms with Crippen molar-refractivity contribution >= 4 is 11.6 Å². The molecule has 4 heteroatoms. The lowest BCUT2D eigenvalue weighted by Crippen LogP contribution is -2.32. The van der Waals surface area contributed by atoms with Gasteiger partial charge in [-0.05, 0) is 43.5 Å². The Morgan fingerprint density at radius 2 is 2.00 bits per heavy atom. The Balaban J connectivity index is 2.10. The van der Waals surface area contributed by atoms with Crippen LogP contribution in [0, 0.1) is 0 Å². The molecule has 0 heterocycles. The van der Waals surface area contributed by atoms with Crippen LogP contribution in [0.2, 0.25) is 0 Å². The second-order valence-corrected chi connectivity index (χ2v) is 5.40. The minimum atomic E-state index is -0.123. The van der Waals surface area contributed by atoms with Crippen molar-refractivity contribution in [3.8, 4) is 0 Å². The van der Waals surface area contributed by atoms with Crippen LogP contribution in [-0.4, -0.2) is 32.6 Å². The van der Waals surface area contributed by atoms with Crippen LogP contribution in [0.1, 0.15) is 30.7 Å². The van der Waals surface area contributed by atoms with Crippen molar-refractivity contribution in [2.75, 3.05) is 25.5 Å². The number of benzene rings is 1. The second kappa shape index (κ2) is 6.06. The molecule has 2 rings (SSSR count). The summed E-state index contributed by atoms with van der Waals surface area (Å²) in [7, 11) is 4.01. The highest BCUT2D eigenvalue weighted by Crippen LogP contribution is 2.25. The molecular formula is C15H23N3O. The van der Waals surface area contributed by atoms with Crippen LogP contribution in [0.4, 0.5) is 5.69 Å². The Bertz CT molecular complexity index is 424. The van der Waals surface area contributed by atoms with E-state index >= 15 is 0 Å². The first-order valence-corrected chi connectivity index (χ1v) is 6.89. The van der Waals surface area contributed by atoms with Crippen LogP contribution >= 0.6 is 0 Å². The van der Waals surface area contributed by atoms with Gasteiger partial charge in [0.05, 0.1) is 5.92 Å². The minimum absolute atomic E-state index is 0.116. The minimum Gasteiger partial charge on any atom is -0.378 e. The normalized spacial score (nSPS) is 15.9. The van der Waals surface area contributed by atoms with Gasteiger partial charge in [0, 0.05) is 25.8 Å². The molecule has 1 atom stereocenters. The number of nitrogens with one attached hydrogen (secondary N) is 1. The van der Waals surface area contributed by atoms with Crippen LogP contribution in [-0.2, 0) is 4.79 Å². The highest BCUT2D eigenvalue weighted by molar-refractivity contribution is 5.84. The van der Waals surface area contributed by atoms with E-state index in [-0.39, 0.29) is 11.8 Å². The van der Waals surface area contributed by atoms with Crippen LogP contribution in [0.15, 0.2) is 24.3 Å². The quantitative estimate of drug-likeness (QED) is 0.815. The average molecular weight is 261 g/mol. The third kappa shape index (κ3) is 3.70. The summed E-state index contributed by atoms with van der Waals surface area (Å²) in [6, 6.07) is 8.55. The lowest BCUT2D eigenvalue weighted by atomic mass is 9.94. The van der Waals surface area contributed by atoms with Crippen molar-refractivity contribution in [1.82, 2.24) is 5.32 Å². The van der Waals surface area contributed by atoms with Gasteiger partial charge in [0.15, 0.2) is 0 Å². The number of hydrogen-bond acceptors (Lipinski definition) is 3. The first-order valence-electron chi connectivity index (χ1n) is 6.89. The SMILES string of the molecule is CN(C)c1ccc(C(CCN)C(=O)NC2CC2)cc1. The molecule has 0 saturated heterocycles. The van der Waals surface area contributed by atoms with Crippen molar-refractivity contribution in [3.63, 3.8) is 0 Å². The molecule has 1 amide bonds. The molecule has 1 aliphatic rings. The Morgan fingerprint density at radius 3 is 2.47 bits per heavy atom. The van der Waals surface area contributed by atoms with E-state index < -0.39 is 0 Å². The van der Waals surface area contributed by atoms with E-state index in [0.29, 0.717) is 19.0 Å². The summed E-state index contributed by atoms with van der Waals surface area (Å²) < 4.78 is 0. The topological polar surface area (TPSA) is 58.4 Å². The molecule has 19 heavy (non-hydrogen) atoms. The zero-order valence-electron chi connectivity index (χ0n) is 11.7. The van der Waals surface area contributed by atoms with Crippen molar-refractivity contribution < 1.29 is 4.79 Å². The van der Waals surface area contributed by atoms with E-state index in [1.807, 2.05) is 43.3 Å². The number of hydrogen-bond donors (Lipinski definition) is 2. The van der Waals surface area contributed by atoms with E-state index in [1.165, 1.54) is 0 Å². The van der Waals surface area contributed by atoms with Gasteiger partial charge in [0.1, 0.15) is 0 Å². The Kier molecular flexibility index (Phi) is 4.43. The van der Waals surface area contributed by atoms with Gasteiger partial charge in [0.25, 0.3) is 0 Å². The molecule has 3 N–H and O–H groups in total. The Hall–Kier alpha value is -1.55. The number of anilines is 1. The van der Waals surface area contributed by atoms with E-state index in [9.17, 15) is 4.79 Å². The van der Waals surface area contributed by atoms with E-state index in [1.54, 1.807) is 0 Å². The summed E-state index contributed by atoms with van der Waals surface area (Å²) in [6.45, 7) is 0.526. The molecule has 1 aromatic rings. The lowest BCUT2D eigenvalue weighted by Gasteiger charge is -2.18. The Morgan fingerprint density at radius 1 is 1.37 bits per heavy atom.